The van der Waals surface area contributed by atoms with Gasteiger partial charge < -0.3 is 15.6 Å². The van der Waals surface area contributed by atoms with Crippen LogP contribution in [-0.2, 0) is 6.54 Å². The number of aromatic nitrogens is 2. The van der Waals surface area contributed by atoms with E-state index in [1.165, 1.54) is 0 Å². The van der Waals surface area contributed by atoms with E-state index in [4.69, 9.17) is 0 Å². The first-order chi connectivity index (χ1) is 12.8. The Hall–Kier alpha value is -3.60. The normalized spacial score (nSPS) is 10.6. The van der Waals surface area contributed by atoms with Crippen LogP contribution in [0.4, 0.5) is 11.4 Å². The predicted molar refractivity (Wildman–Crippen MR) is 103 cm³/mol. The van der Waals surface area contributed by atoms with Crippen LogP contribution in [0.5, 0.6) is 0 Å². The van der Waals surface area contributed by atoms with Gasteiger partial charge in [0.15, 0.2) is 0 Å². The molecule has 0 aliphatic carbocycles. The standard InChI is InChI=1S/C21H18N4O/c26-21(24-14-15-4-5-20-16(12-15)6-11-23-20)17-2-1-3-19(13-17)25-18-7-9-22-10-8-18/h1-13,23H,14H2,(H,22,25)(H,24,26). The molecule has 2 aromatic heterocycles. The summed E-state index contributed by atoms with van der Waals surface area (Å²) in [4.78, 5) is 19.6. The Morgan fingerprint density at radius 3 is 2.73 bits per heavy atom. The van der Waals surface area contributed by atoms with Crippen molar-refractivity contribution >= 4 is 28.2 Å². The number of fused-ring (bicyclic) bond motifs is 1. The van der Waals surface area contributed by atoms with Crippen molar-refractivity contribution in [3.05, 3.63) is 90.4 Å². The van der Waals surface area contributed by atoms with Crippen LogP contribution in [0, 0.1) is 0 Å². The highest BCUT2D eigenvalue weighted by molar-refractivity contribution is 5.95. The lowest BCUT2D eigenvalue weighted by molar-refractivity contribution is 0.0951. The van der Waals surface area contributed by atoms with E-state index < -0.39 is 0 Å². The fourth-order valence-corrected chi connectivity index (χ4v) is 2.84. The van der Waals surface area contributed by atoms with Gasteiger partial charge in [0.05, 0.1) is 0 Å². The molecule has 0 unspecified atom stereocenters. The molecule has 0 saturated heterocycles. The highest BCUT2D eigenvalue weighted by Gasteiger charge is 2.07. The number of amides is 1. The summed E-state index contributed by atoms with van der Waals surface area (Å²) in [6.07, 6.45) is 5.36. The quantitative estimate of drug-likeness (QED) is 0.508. The summed E-state index contributed by atoms with van der Waals surface area (Å²) in [7, 11) is 0. The molecule has 0 aliphatic rings. The summed E-state index contributed by atoms with van der Waals surface area (Å²) in [6, 6.07) is 19.3. The van der Waals surface area contributed by atoms with Crippen LogP contribution in [0.15, 0.2) is 79.3 Å². The van der Waals surface area contributed by atoms with Crippen molar-refractivity contribution in [1.82, 2.24) is 15.3 Å². The molecule has 0 aliphatic heterocycles. The zero-order chi connectivity index (χ0) is 17.8. The number of rotatable bonds is 5. The molecule has 2 heterocycles. The van der Waals surface area contributed by atoms with Crippen molar-refractivity contribution in [1.29, 1.82) is 0 Å². The van der Waals surface area contributed by atoms with Gasteiger partial charge in [0, 0.05) is 47.6 Å². The SMILES string of the molecule is O=C(NCc1ccc2[nH]ccc2c1)c1cccc(Nc2ccncc2)c1. The van der Waals surface area contributed by atoms with Crippen molar-refractivity contribution in [2.45, 2.75) is 6.54 Å². The number of H-pyrrole nitrogens is 1. The molecule has 0 radical (unpaired) electrons. The number of pyridine rings is 1. The monoisotopic (exact) mass is 342 g/mol. The Morgan fingerprint density at radius 2 is 1.85 bits per heavy atom. The minimum atomic E-state index is -0.0995. The summed E-state index contributed by atoms with van der Waals surface area (Å²) < 4.78 is 0. The fraction of sp³-hybridized carbons (Fsp3) is 0.0476. The molecule has 0 bridgehead atoms. The number of anilines is 2. The van der Waals surface area contributed by atoms with Gasteiger partial charge in [-0.2, -0.15) is 0 Å². The molecule has 0 atom stereocenters. The summed E-state index contributed by atoms with van der Waals surface area (Å²) >= 11 is 0. The van der Waals surface area contributed by atoms with Crippen molar-refractivity contribution in [3.8, 4) is 0 Å². The lowest BCUT2D eigenvalue weighted by Gasteiger charge is -2.09. The van der Waals surface area contributed by atoms with E-state index in [1.54, 1.807) is 12.4 Å². The van der Waals surface area contributed by atoms with Crippen LogP contribution in [0.1, 0.15) is 15.9 Å². The molecule has 128 valence electrons. The van der Waals surface area contributed by atoms with Crippen LogP contribution >= 0.6 is 0 Å². The molecule has 0 fully saturated rings. The molecule has 4 rings (SSSR count). The molecule has 0 spiro atoms. The van der Waals surface area contributed by atoms with Gasteiger partial charge in [0.1, 0.15) is 0 Å². The smallest absolute Gasteiger partial charge is 0.251 e. The van der Waals surface area contributed by atoms with Gasteiger partial charge in [-0.25, -0.2) is 0 Å². The Morgan fingerprint density at radius 1 is 0.962 bits per heavy atom. The Labute approximate surface area is 151 Å². The van der Waals surface area contributed by atoms with Crippen LogP contribution in [-0.4, -0.2) is 15.9 Å². The summed E-state index contributed by atoms with van der Waals surface area (Å²) in [5, 5.41) is 7.38. The van der Waals surface area contributed by atoms with Gasteiger partial charge in [-0.15, -0.1) is 0 Å². The van der Waals surface area contributed by atoms with Crippen LogP contribution in [0.25, 0.3) is 10.9 Å². The average Bonchev–Trinajstić information content (AvgIpc) is 3.15. The molecule has 5 heteroatoms. The minimum absolute atomic E-state index is 0.0995. The van der Waals surface area contributed by atoms with Crippen molar-refractivity contribution in [2.24, 2.45) is 0 Å². The van der Waals surface area contributed by atoms with E-state index in [0.717, 1.165) is 27.8 Å². The third-order valence-electron chi connectivity index (χ3n) is 4.16. The van der Waals surface area contributed by atoms with Crippen molar-refractivity contribution in [3.63, 3.8) is 0 Å². The van der Waals surface area contributed by atoms with Gasteiger partial charge in [0.2, 0.25) is 0 Å². The zero-order valence-corrected chi connectivity index (χ0v) is 14.1. The zero-order valence-electron chi connectivity index (χ0n) is 14.1. The number of carbonyl (C=O) groups is 1. The van der Waals surface area contributed by atoms with Crippen LogP contribution < -0.4 is 10.6 Å². The van der Waals surface area contributed by atoms with Gasteiger partial charge in [0.25, 0.3) is 5.91 Å². The van der Waals surface area contributed by atoms with E-state index in [1.807, 2.05) is 60.8 Å². The summed E-state index contributed by atoms with van der Waals surface area (Å²) in [5.41, 5.74) is 4.56. The average molecular weight is 342 g/mol. The summed E-state index contributed by atoms with van der Waals surface area (Å²) in [6.45, 7) is 0.488. The Bertz CT molecular complexity index is 1040. The van der Waals surface area contributed by atoms with Gasteiger partial charge in [-0.1, -0.05) is 12.1 Å². The molecular formula is C21H18N4O. The van der Waals surface area contributed by atoms with E-state index in [9.17, 15) is 4.79 Å². The molecular weight excluding hydrogens is 324 g/mol. The maximum Gasteiger partial charge on any atom is 0.251 e. The second kappa shape index (κ2) is 7.11. The van der Waals surface area contributed by atoms with E-state index >= 15 is 0 Å². The highest BCUT2D eigenvalue weighted by atomic mass is 16.1. The number of benzene rings is 2. The lowest BCUT2D eigenvalue weighted by Crippen LogP contribution is -2.22. The molecule has 4 aromatic rings. The number of hydrogen-bond acceptors (Lipinski definition) is 3. The van der Waals surface area contributed by atoms with Gasteiger partial charge in [-0.05, 0) is 59.5 Å². The largest absolute Gasteiger partial charge is 0.361 e. The predicted octanol–water partition coefficient (Wildman–Crippen LogP) is 4.24. The first kappa shape index (κ1) is 15.9. The Kier molecular flexibility index (Phi) is 4.35. The third-order valence-corrected chi connectivity index (χ3v) is 4.16. The number of aromatic amines is 1. The number of hydrogen-bond donors (Lipinski definition) is 3. The second-order valence-electron chi connectivity index (χ2n) is 6.02. The molecule has 1 amide bonds. The van der Waals surface area contributed by atoms with E-state index in [2.05, 4.69) is 26.7 Å². The molecule has 0 saturated carbocycles. The van der Waals surface area contributed by atoms with E-state index in [-0.39, 0.29) is 5.91 Å². The maximum absolute atomic E-state index is 12.5. The van der Waals surface area contributed by atoms with Crippen LogP contribution in [0.3, 0.4) is 0 Å². The van der Waals surface area contributed by atoms with Crippen LogP contribution in [0.2, 0.25) is 0 Å². The second-order valence-corrected chi connectivity index (χ2v) is 6.02. The first-order valence-electron chi connectivity index (χ1n) is 8.39. The third kappa shape index (κ3) is 3.57. The maximum atomic E-state index is 12.5. The number of nitrogens with zero attached hydrogens (tertiary/aromatic N) is 1. The van der Waals surface area contributed by atoms with Crippen molar-refractivity contribution in [2.75, 3.05) is 5.32 Å². The molecule has 5 nitrogen and oxygen atoms in total. The molecule has 2 aromatic carbocycles. The van der Waals surface area contributed by atoms with E-state index in [0.29, 0.717) is 12.1 Å². The van der Waals surface area contributed by atoms with Crippen molar-refractivity contribution < 1.29 is 4.79 Å². The lowest BCUT2D eigenvalue weighted by atomic mass is 10.1. The summed E-state index contributed by atoms with van der Waals surface area (Å²) in [5.74, 6) is -0.0995. The van der Waals surface area contributed by atoms with Gasteiger partial charge in [-0.3, -0.25) is 9.78 Å². The topological polar surface area (TPSA) is 69.8 Å². The number of nitrogens with one attached hydrogen (secondary N) is 3. The molecule has 3 N–H and O–H groups in total. The first-order valence-corrected chi connectivity index (χ1v) is 8.39. The molecule has 26 heavy (non-hydrogen) atoms. The highest BCUT2D eigenvalue weighted by Crippen LogP contribution is 2.17. The Balaban J connectivity index is 1.43. The fourth-order valence-electron chi connectivity index (χ4n) is 2.84. The minimum Gasteiger partial charge on any atom is -0.361 e. The number of carbonyl (C=O) groups excluding carboxylic acids is 1. The van der Waals surface area contributed by atoms with Gasteiger partial charge >= 0.3 is 0 Å².